The van der Waals surface area contributed by atoms with Crippen LogP contribution in [0.15, 0.2) is 121 Å². The van der Waals surface area contributed by atoms with Crippen molar-refractivity contribution in [1.29, 1.82) is 0 Å². The Bertz CT molecular complexity index is 2930. The minimum absolute atomic E-state index is 0.00474. The van der Waals surface area contributed by atoms with Crippen LogP contribution in [0.4, 0.5) is 0 Å². The first-order valence-electron chi connectivity index (χ1n) is 19.6. The van der Waals surface area contributed by atoms with Crippen LogP contribution in [0.2, 0.25) is 0 Å². The molecule has 0 spiro atoms. The van der Waals surface area contributed by atoms with E-state index in [0.29, 0.717) is 0 Å². The number of hydrogen-bond donors (Lipinski definition) is 0. The molecule has 0 saturated carbocycles. The second kappa shape index (κ2) is 12.5. The normalized spacial score (nSPS) is 15.9. The van der Waals surface area contributed by atoms with E-state index in [4.69, 9.17) is 9.72 Å². The van der Waals surface area contributed by atoms with Crippen molar-refractivity contribution in [2.24, 2.45) is 5.41 Å². The molecule has 9 rings (SSSR count). The van der Waals surface area contributed by atoms with Crippen LogP contribution in [0.25, 0.3) is 50.0 Å². The molecule has 0 radical (unpaired) electrons. The van der Waals surface area contributed by atoms with Crippen molar-refractivity contribution in [3.63, 3.8) is 0 Å². The fourth-order valence-electron chi connectivity index (χ4n) is 9.12. The zero-order valence-corrected chi connectivity index (χ0v) is 36.3. The number of pyridine rings is 1. The summed E-state index contributed by atoms with van der Waals surface area (Å²) >= 11 is 2.45. The minimum atomic E-state index is -0.0709. The molecule has 286 valence electrons. The van der Waals surface area contributed by atoms with Crippen LogP contribution >= 0.6 is 0 Å². The van der Waals surface area contributed by atoms with Crippen molar-refractivity contribution in [3.05, 3.63) is 148 Å². The Morgan fingerprint density at radius 1 is 0.607 bits per heavy atom. The topological polar surface area (TPSA) is 36.9 Å². The third kappa shape index (κ3) is 5.30. The molecule has 8 aromatic rings. The third-order valence-corrected chi connectivity index (χ3v) is 14.5. The van der Waals surface area contributed by atoms with Gasteiger partial charge in [-0.25, -0.2) is 0 Å². The molecule has 0 saturated heterocycles. The van der Waals surface area contributed by atoms with E-state index in [9.17, 15) is 0 Å². The number of aryl methyl sites for hydroxylation is 1. The van der Waals surface area contributed by atoms with E-state index in [0.717, 1.165) is 49.0 Å². The Kier molecular flexibility index (Phi) is 8.18. The summed E-state index contributed by atoms with van der Waals surface area (Å²) in [4.78, 5) is 5.02. The Hall–Kier alpha value is -4.99. The van der Waals surface area contributed by atoms with Crippen LogP contribution < -0.4 is 4.74 Å². The number of fused-ring (bicyclic) bond motifs is 6. The van der Waals surface area contributed by atoms with E-state index in [1.54, 1.807) is 0 Å². The first-order chi connectivity index (χ1) is 26.5. The number of para-hydroxylation sites is 2. The summed E-state index contributed by atoms with van der Waals surface area (Å²) in [7, 11) is 0. The zero-order valence-electron chi connectivity index (χ0n) is 34.1. The Labute approximate surface area is 341 Å². The molecule has 1 aliphatic carbocycles. The molecule has 5 aromatic carbocycles. The molecular formula is C50H50N4OPt. The van der Waals surface area contributed by atoms with Crippen LogP contribution in [-0.2, 0) is 35.6 Å². The number of imidazole rings is 1. The molecule has 6 heteroatoms. The van der Waals surface area contributed by atoms with Gasteiger partial charge in [0.25, 0.3) is 0 Å². The molecule has 3 heterocycles. The van der Waals surface area contributed by atoms with Crippen LogP contribution in [-0.4, -0.2) is 18.7 Å². The summed E-state index contributed by atoms with van der Waals surface area (Å²) in [5.41, 5.74) is 12.0. The van der Waals surface area contributed by atoms with Gasteiger partial charge in [-0.05, 0) is 38.9 Å². The van der Waals surface area contributed by atoms with Crippen molar-refractivity contribution in [3.8, 4) is 28.7 Å². The van der Waals surface area contributed by atoms with E-state index in [1.165, 1.54) is 38.5 Å². The van der Waals surface area contributed by atoms with Crippen LogP contribution in [0.5, 0.6) is 11.5 Å². The fraction of sp³-hybridized carbons (Fsp3) is 0.280. The number of aromatic nitrogens is 4. The summed E-state index contributed by atoms with van der Waals surface area (Å²) in [6, 6.07) is 41.4. The van der Waals surface area contributed by atoms with Crippen molar-refractivity contribution in [2.45, 2.75) is 85.5 Å². The van der Waals surface area contributed by atoms with Crippen LogP contribution in [0.3, 0.4) is 0 Å². The van der Waals surface area contributed by atoms with E-state index < -0.39 is 0 Å². The van der Waals surface area contributed by atoms with Gasteiger partial charge in [-0.3, -0.25) is 0 Å². The molecule has 1 aliphatic rings. The first-order valence-corrected chi connectivity index (χ1v) is 20.8. The van der Waals surface area contributed by atoms with Gasteiger partial charge in [-0.1, -0.05) is 68.4 Å². The molecule has 0 amide bonds. The molecule has 0 unspecified atom stereocenters. The average molecular weight is 918 g/mol. The summed E-state index contributed by atoms with van der Waals surface area (Å²) in [6.07, 6.45) is 1.96. The molecule has 0 bridgehead atoms. The standard InChI is InChI=1S/C50H50N4O.Pt/c1-32-18-20-34(21-19-32)52-31-53(41-17-12-11-16-40(41)52)35-14-13-15-36(29-35)55-37-22-23-38-43(30-37)54(44-28-33(26-27-51-44)47(2,3)4)42-25-24-39-46(45(38)42)49(7,8)50(9,10)48(39,5)6;/h11-30H,1-10H3;. The van der Waals surface area contributed by atoms with Gasteiger partial charge >= 0.3 is 229 Å². The van der Waals surface area contributed by atoms with Crippen molar-refractivity contribution in [2.75, 3.05) is 0 Å². The summed E-state index contributed by atoms with van der Waals surface area (Å²) in [6.45, 7) is 23.5. The van der Waals surface area contributed by atoms with Crippen molar-refractivity contribution in [1.82, 2.24) is 18.7 Å². The Balaban J connectivity index is 1.21. The average Bonchev–Trinajstić information content (AvgIpc) is 3.68. The van der Waals surface area contributed by atoms with Gasteiger partial charge in [0, 0.05) is 6.20 Å². The van der Waals surface area contributed by atoms with Gasteiger partial charge in [0.2, 0.25) is 0 Å². The van der Waals surface area contributed by atoms with Crippen LogP contribution in [0, 0.1) is 16.1 Å². The molecule has 56 heavy (non-hydrogen) atoms. The number of ether oxygens (including phenoxy) is 1. The van der Waals surface area contributed by atoms with Gasteiger partial charge in [0.15, 0.2) is 0 Å². The van der Waals surface area contributed by atoms with E-state index >= 15 is 0 Å². The predicted molar refractivity (Wildman–Crippen MR) is 228 cm³/mol. The monoisotopic (exact) mass is 917 g/mol. The zero-order chi connectivity index (χ0) is 39.5. The summed E-state index contributed by atoms with van der Waals surface area (Å²) < 4.78 is 14.9. The Morgan fingerprint density at radius 2 is 1.29 bits per heavy atom. The summed E-state index contributed by atoms with van der Waals surface area (Å²) in [5, 5.41) is 2.53. The van der Waals surface area contributed by atoms with Crippen molar-refractivity contribution < 1.29 is 24.1 Å². The quantitative estimate of drug-likeness (QED) is 0.172. The van der Waals surface area contributed by atoms with E-state index in [2.05, 4.69) is 211 Å². The predicted octanol–water partition coefficient (Wildman–Crippen LogP) is 13.0. The second-order valence-corrected chi connectivity index (χ2v) is 19.3. The maximum absolute atomic E-state index is 6.81. The van der Waals surface area contributed by atoms with E-state index in [1.807, 2.05) is 12.3 Å². The number of hydrogen-bond acceptors (Lipinski definition) is 2. The first kappa shape index (κ1) is 36.6. The van der Waals surface area contributed by atoms with Gasteiger partial charge < -0.3 is 0 Å². The maximum atomic E-state index is 6.81. The molecule has 0 fully saturated rings. The molecular weight excluding hydrogens is 868 g/mol. The van der Waals surface area contributed by atoms with Gasteiger partial charge in [0.1, 0.15) is 0 Å². The molecule has 3 aromatic heterocycles. The summed E-state index contributed by atoms with van der Waals surface area (Å²) in [5.74, 6) is 2.48. The molecule has 5 nitrogen and oxygen atoms in total. The number of rotatable bonds is 5. The number of nitrogens with zero attached hydrogens (tertiary/aromatic N) is 4. The van der Waals surface area contributed by atoms with Gasteiger partial charge in [-0.15, -0.1) is 0 Å². The van der Waals surface area contributed by atoms with Gasteiger partial charge in [-0.2, -0.15) is 0 Å². The van der Waals surface area contributed by atoms with Crippen molar-refractivity contribution >= 4 is 32.8 Å². The van der Waals surface area contributed by atoms with Crippen LogP contribution in [0.1, 0.15) is 84.6 Å². The number of benzene rings is 5. The molecule has 0 N–H and O–H groups in total. The third-order valence-electron chi connectivity index (χ3n) is 13.5. The second-order valence-electron chi connectivity index (χ2n) is 18.3. The molecule has 0 atom stereocenters. The fourth-order valence-corrected chi connectivity index (χ4v) is 10.3. The Morgan fingerprint density at radius 3 is 1.98 bits per heavy atom. The van der Waals surface area contributed by atoms with Gasteiger partial charge in [0.05, 0.1) is 0 Å². The molecule has 0 aliphatic heterocycles. The SMILES string of the molecule is Cc1ccc(-n2[c](=[Pt])n(-c3cccc(Oc4ccc5c6c7c(ccc6n(-c6cc(C(C)(C)C)ccn6)c5c4)C(C)(C)C(C)(C)C7(C)C)c3)c3ccccc32)cc1. The van der Waals surface area contributed by atoms with E-state index in [-0.39, 0.29) is 21.7 Å².